The average molecular weight is 715 g/mol. The lowest BCUT2D eigenvalue weighted by Gasteiger charge is -2.48. The molecular formula is C36H48F2N4O5SSi. The standard InChI is InChI=1S/C36H48F2N4O5SSi/c1-20-18-42(19-21(2)30(20)47-49(9,10)36(6,7)8)29-22(17-39-31-23(29)14-15-45-31)16-26(43)28-33(41-34(44)46-35(3,4)5)48-32(40-28)27-24(37)12-11-13-25(27)38/h11-13,17,20-21,30H,14-16,18-19H2,1-10H3,(H,41,44)/t20-,21+,30?. The van der Waals surface area contributed by atoms with E-state index in [2.05, 4.69) is 67.9 Å². The zero-order valence-corrected chi connectivity index (χ0v) is 31.9. The topological polar surface area (TPSA) is 103 Å². The molecule has 3 atom stereocenters. The van der Waals surface area contributed by atoms with Crippen LogP contribution in [0.25, 0.3) is 10.6 Å². The first-order valence-corrected chi connectivity index (χ1v) is 20.5. The van der Waals surface area contributed by atoms with Crippen molar-refractivity contribution in [2.75, 3.05) is 29.9 Å². The molecule has 1 fully saturated rings. The maximum Gasteiger partial charge on any atom is 0.412 e. The molecule has 2 aliphatic rings. The van der Waals surface area contributed by atoms with Crippen LogP contribution in [0.3, 0.4) is 0 Å². The molecule has 9 nitrogen and oxygen atoms in total. The summed E-state index contributed by atoms with van der Waals surface area (Å²) < 4.78 is 47.9. The Kier molecular flexibility index (Phi) is 10.3. The van der Waals surface area contributed by atoms with Crippen molar-refractivity contribution in [3.8, 4) is 16.5 Å². The Balaban J connectivity index is 1.48. The summed E-state index contributed by atoms with van der Waals surface area (Å²) >= 11 is 0.813. The number of hydrogen-bond acceptors (Lipinski definition) is 9. The Labute approximate surface area is 292 Å². The van der Waals surface area contributed by atoms with Gasteiger partial charge in [-0.1, -0.05) is 52.0 Å². The fourth-order valence-corrected chi connectivity index (χ4v) is 8.74. The fraction of sp³-hybridized carbons (Fsp3) is 0.556. The van der Waals surface area contributed by atoms with Crippen molar-refractivity contribution in [3.63, 3.8) is 0 Å². The molecule has 1 amide bonds. The Morgan fingerprint density at radius 3 is 2.31 bits per heavy atom. The molecule has 1 unspecified atom stereocenters. The molecule has 13 heteroatoms. The first-order valence-electron chi connectivity index (χ1n) is 16.8. The zero-order chi connectivity index (χ0) is 36.1. The maximum atomic E-state index is 14.8. The van der Waals surface area contributed by atoms with Gasteiger partial charge in [0.15, 0.2) is 14.1 Å². The number of thiazole rings is 1. The third-order valence-corrected chi connectivity index (χ3v) is 15.0. The van der Waals surface area contributed by atoms with E-state index < -0.39 is 37.4 Å². The van der Waals surface area contributed by atoms with Gasteiger partial charge in [0.1, 0.15) is 32.9 Å². The van der Waals surface area contributed by atoms with Crippen LogP contribution in [-0.4, -0.2) is 61.6 Å². The van der Waals surface area contributed by atoms with Crippen molar-refractivity contribution in [1.29, 1.82) is 0 Å². The highest BCUT2D eigenvalue weighted by molar-refractivity contribution is 7.19. The summed E-state index contributed by atoms with van der Waals surface area (Å²) in [6.07, 6.45) is 1.50. The molecule has 1 saturated heterocycles. The highest BCUT2D eigenvalue weighted by atomic mass is 32.1. The SMILES string of the molecule is C[C@@H]1CN(c2c(CC(=O)c3nc(-c4c(F)cccc4F)sc3NC(=O)OC(C)(C)C)cnc3c2CCO3)C[C@H](C)C1O[Si](C)(C)C(C)(C)C. The van der Waals surface area contributed by atoms with Gasteiger partial charge in [-0.3, -0.25) is 10.1 Å². The van der Waals surface area contributed by atoms with Crippen molar-refractivity contribution in [2.45, 2.75) is 98.1 Å². The van der Waals surface area contributed by atoms with Gasteiger partial charge in [0.25, 0.3) is 0 Å². The quantitative estimate of drug-likeness (QED) is 0.183. The maximum absolute atomic E-state index is 14.8. The van der Waals surface area contributed by atoms with E-state index in [4.69, 9.17) is 13.9 Å². The Bertz CT molecular complexity index is 1700. The molecule has 0 aliphatic carbocycles. The van der Waals surface area contributed by atoms with Gasteiger partial charge in [0, 0.05) is 43.3 Å². The monoisotopic (exact) mass is 714 g/mol. The number of ketones is 1. The van der Waals surface area contributed by atoms with Gasteiger partial charge in [-0.2, -0.15) is 0 Å². The molecule has 4 heterocycles. The molecule has 2 aliphatic heterocycles. The molecule has 0 spiro atoms. The molecular weight excluding hydrogens is 667 g/mol. The van der Waals surface area contributed by atoms with Crippen LogP contribution in [0, 0.1) is 23.5 Å². The first kappa shape index (κ1) is 36.8. The van der Waals surface area contributed by atoms with Crippen LogP contribution in [0.5, 0.6) is 5.88 Å². The van der Waals surface area contributed by atoms with Crippen LogP contribution >= 0.6 is 11.3 Å². The summed E-state index contributed by atoms with van der Waals surface area (Å²) in [5, 5.41) is 2.66. The lowest BCUT2D eigenvalue weighted by Crippen LogP contribution is -2.54. The Morgan fingerprint density at radius 1 is 1.08 bits per heavy atom. The van der Waals surface area contributed by atoms with Gasteiger partial charge in [-0.05, 0) is 62.9 Å². The molecule has 1 N–H and O–H groups in total. The predicted molar refractivity (Wildman–Crippen MR) is 191 cm³/mol. The fourth-order valence-electron chi connectivity index (χ4n) is 6.22. The molecule has 5 rings (SSSR count). The second-order valence-corrected chi connectivity index (χ2v) is 21.5. The number of anilines is 2. The summed E-state index contributed by atoms with van der Waals surface area (Å²) in [6.45, 7) is 22.8. The predicted octanol–water partition coefficient (Wildman–Crippen LogP) is 8.67. The van der Waals surface area contributed by atoms with Crippen LogP contribution in [0.15, 0.2) is 24.4 Å². The van der Waals surface area contributed by atoms with Crippen LogP contribution in [-0.2, 0) is 22.0 Å². The number of aromatic nitrogens is 2. The minimum absolute atomic E-state index is 0.0433. The van der Waals surface area contributed by atoms with Crippen molar-refractivity contribution in [3.05, 3.63) is 52.9 Å². The Hall–Kier alpha value is -3.42. The van der Waals surface area contributed by atoms with E-state index in [1.54, 1.807) is 27.0 Å². The molecule has 49 heavy (non-hydrogen) atoms. The van der Waals surface area contributed by atoms with Crippen molar-refractivity contribution in [2.24, 2.45) is 11.8 Å². The van der Waals surface area contributed by atoms with Crippen LogP contribution in [0.1, 0.15) is 77.0 Å². The number of fused-ring (bicyclic) bond motifs is 1. The van der Waals surface area contributed by atoms with E-state index in [0.717, 1.165) is 47.8 Å². The number of pyridine rings is 1. The van der Waals surface area contributed by atoms with Crippen molar-refractivity contribution >= 4 is 42.2 Å². The molecule has 2 aromatic heterocycles. The summed E-state index contributed by atoms with van der Waals surface area (Å²) in [6, 6.07) is 3.49. The number of Topliss-reactive ketones (excluding diaryl/α,β-unsaturated/α-hetero) is 1. The van der Waals surface area contributed by atoms with Crippen LogP contribution < -0.4 is 15.0 Å². The molecule has 0 saturated carbocycles. The third-order valence-electron chi connectivity index (χ3n) is 9.50. The number of hydrogen-bond donors (Lipinski definition) is 1. The van der Waals surface area contributed by atoms with Gasteiger partial charge in [-0.15, -0.1) is 0 Å². The molecule has 266 valence electrons. The lowest BCUT2D eigenvalue weighted by atomic mass is 9.87. The number of piperidine rings is 1. The van der Waals surface area contributed by atoms with Crippen LogP contribution in [0.4, 0.5) is 24.3 Å². The van der Waals surface area contributed by atoms with E-state index >= 15 is 0 Å². The number of nitrogens with zero attached hydrogens (tertiary/aromatic N) is 3. The van der Waals surface area contributed by atoms with Crippen molar-refractivity contribution in [1.82, 2.24) is 9.97 Å². The third kappa shape index (κ3) is 7.99. The van der Waals surface area contributed by atoms with Gasteiger partial charge in [-0.25, -0.2) is 23.5 Å². The van der Waals surface area contributed by atoms with E-state index in [0.29, 0.717) is 24.5 Å². The number of carbonyl (C=O) groups is 2. The first-order chi connectivity index (χ1) is 22.8. The van der Waals surface area contributed by atoms with Gasteiger partial charge < -0.3 is 18.8 Å². The molecule has 1 aromatic carbocycles. The average Bonchev–Trinajstić information content (AvgIpc) is 3.60. The van der Waals surface area contributed by atoms with E-state index in [1.807, 2.05) is 0 Å². The lowest BCUT2D eigenvalue weighted by molar-refractivity contribution is 0.0626. The molecule has 3 aromatic rings. The van der Waals surface area contributed by atoms with E-state index in [1.165, 1.54) is 6.07 Å². The minimum Gasteiger partial charge on any atom is -0.477 e. The second-order valence-electron chi connectivity index (χ2n) is 15.7. The number of benzene rings is 1. The number of nitrogens with one attached hydrogen (secondary N) is 1. The minimum atomic E-state index is -2.01. The zero-order valence-electron chi connectivity index (χ0n) is 30.1. The summed E-state index contributed by atoms with van der Waals surface area (Å²) in [7, 11) is -2.01. The Morgan fingerprint density at radius 2 is 1.71 bits per heavy atom. The second kappa shape index (κ2) is 13.7. The normalized spacial score (nSPS) is 19.8. The van der Waals surface area contributed by atoms with E-state index in [9.17, 15) is 18.4 Å². The van der Waals surface area contributed by atoms with Gasteiger partial charge in [0.05, 0.1) is 24.0 Å². The number of rotatable bonds is 8. The number of ether oxygens (including phenoxy) is 2. The van der Waals surface area contributed by atoms with Gasteiger partial charge in [0.2, 0.25) is 5.88 Å². The van der Waals surface area contributed by atoms with E-state index in [-0.39, 0.29) is 50.7 Å². The largest absolute Gasteiger partial charge is 0.477 e. The highest BCUT2D eigenvalue weighted by Crippen LogP contribution is 2.43. The number of carbonyl (C=O) groups excluding carboxylic acids is 2. The molecule has 0 bridgehead atoms. The van der Waals surface area contributed by atoms with Gasteiger partial charge >= 0.3 is 6.09 Å². The van der Waals surface area contributed by atoms with Crippen LogP contribution in [0.2, 0.25) is 18.1 Å². The summed E-state index contributed by atoms with van der Waals surface area (Å²) in [4.78, 5) is 38.2. The summed E-state index contributed by atoms with van der Waals surface area (Å²) in [5.41, 5.74) is 1.25. The number of halogens is 2. The van der Waals surface area contributed by atoms with Crippen molar-refractivity contribution < 1.29 is 32.3 Å². The number of amides is 1. The smallest absolute Gasteiger partial charge is 0.412 e. The summed E-state index contributed by atoms with van der Waals surface area (Å²) in [5.74, 6) is -1.10. The molecule has 0 radical (unpaired) electrons. The highest BCUT2D eigenvalue weighted by Gasteiger charge is 2.44.